The lowest BCUT2D eigenvalue weighted by Gasteiger charge is -2.09. The van der Waals surface area contributed by atoms with Gasteiger partial charge in [0, 0.05) is 11.6 Å². The summed E-state index contributed by atoms with van der Waals surface area (Å²) in [6.07, 6.45) is -6.16. The fourth-order valence-electron chi connectivity index (χ4n) is 2.72. The molecule has 1 N–H and O–H groups in total. The number of carbonyl (C=O) groups is 1. The summed E-state index contributed by atoms with van der Waals surface area (Å²) in [4.78, 5) is 15.8. The summed E-state index contributed by atoms with van der Waals surface area (Å²) in [5.74, 6) is -2.70. The predicted octanol–water partition coefficient (Wildman–Crippen LogP) is 4.53. The number of benzene rings is 1. The van der Waals surface area contributed by atoms with Crippen LogP contribution in [0.4, 0.5) is 32.0 Å². The molecule has 11 heteroatoms. The highest BCUT2D eigenvalue weighted by Gasteiger charge is 2.24. The van der Waals surface area contributed by atoms with Gasteiger partial charge in [-0.1, -0.05) is 0 Å². The van der Waals surface area contributed by atoms with Gasteiger partial charge < -0.3 is 5.32 Å². The maximum atomic E-state index is 13.6. The normalized spacial score (nSPS) is 11.6. The molecule has 2 aromatic heterocycles. The van der Waals surface area contributed by atoms with Crippen molar-refractivity contribution >= 4 is 22.6 Å². The van der Waals surface area contributed by atoms with Gasteiger partial charge in [0.25, 0.3) is 12.9 Å². The lowest BCUT2D eigenvalue weighted by Crippen LogP contribution is -2.20. The average molecular weight is 402 g/mol. The number of amides is 1. The van der Waals surface area contributed by atoms with E-state index in [1.807, 2.05) is 0 Å². The van der Waals surface area contributed by atoms with E-state index >= 15 is 0 Å². The van der Waals surface area contributed by atoms with Crippen LogP contribution in [0.3, 0.4) is 0 Å². The van der Waals surface area contributed by atoms with Gasteiger partial charge in [-0.3, -0.25) is 4.79 Å². The minimum absolute atomic E-state index is 0.0689. The molecule has 0 spiro atoms. The number of rotatable bonds is 5. The van der Waals surface area contributed by atoms with E-state index in [0.29, 0.717) is 12.1 Å². The van der Waals surface area contributed by atoms with Crippen LogP contribution in [0.2, 0.25) is 0 Å². The van der Waals surface area contributed by atoms with Crippen LogP contribution in [0.25, 0.3) is 11.0 Å². The summed E-state index contributed by atoms with van der Waals surface area (Å²) in [5.41, 5.74) is -2.11. The fourth-order valence-corrected chi connectivity index (χ4v) is 2.72. The monoisotopic (exact) mass is 402 g/mol. The van der Waals surface area contributed by atoms with Crippen molar-refractivity contribution in [1.82, 2.24) is 14.8 Å². The number of carbonyl (C=O) groups excluding carboxylic acids is 1. The van der Waals surface area contributed by atoms with Crippen LogP contribution in [-0.2, 0) is 11.3 Å². The summed E-state index contributed by atoms with van der Waals surface area (Å²) >= 11 is 0. The van der Waals surface area contributed by atoms with Crippen molar-refractivity contribution in [3.63, 3.8) is 0 Å². The fraction of sp³-hybridized carbons (Fsp3) is 0.235. The van der Waals surface area contributed by atoms with Gasteiger partial charge in [0.15, 0.2) is 5.65 Å². The Kier molecular flexibility index (Phi) is 5.25. The number of anilines is 1. The number of hydrogen-bond donors (Lipinski definition) is 1. The molecule has 5 nitrogen and oxygen atoms in total. The van der Waals surface area contributed by atoms with Gasteiger partial charge in [-0.25, -0.2) is 36.0 Å². The Morgan fingerprint density at radius 1 is 1.14 bits per heavy atom. The third-order valence-corrected chi connectivity index (χ3v) is 3.88. The number of pyridine rings is 1. The van der Waals surface area contributed by atoms with E-state index in [9.17, 15) is 31.1 Å². The molecule has 28 heavy (non-hydrogen) atoms. The van der Waals surface area contributed by atoms with E-state index in [4.69, 9.17) is 0 Å². The molecule has 0 atom stereocenters. The van der Waals surface area contributed by atoms with Gasteiger partial charge in [-0.15, -0.1) is 0 Å². The van der Waals surface area contributed by atoms with Crippen LogP contribution in [0.5, 0.6) is 0 Å². The number of nitrogens with zero attached hydrogens (tertiary/aromatic N) is 3. The lowest BCUT2D eigenvalue weighted by atomic mass is 10.1. The Morgan fingerprint density at radius 2 is 1.86 bits per heavy atom. The molecule has 0 radical (unpaired) electrons. The summed E-state index contributed by atoms with van der Waals surface area (Å²) in [5, 5.41) is 5.94. The van der Waals surface area contributed by atoms with Crippen molar-refractivity contribution in [2.45, 2.75) is 26.3 Å². The second-order valence-corrected chi connectivity index (χ2v) is 5.85. The molecule has 0 aliphatic heterocycles. The van der Waals surface area contributed by atoms with Crippen molar-refractivity contribution in [2.75, 3.05) is 5.32 Å². The number of fused-ring (bicyclic) bond motifs is 1. The third-order valence-electron chi connectivity index (χ3n) is 3.88. The van der Waals surface area contributed by atoms with Crippen molar-refractivity contribution < 1.29 is 31.1 Å². The summed E-state index contributed by atoms with van der Waals surface area (Å²) in [6.45, 7) is 0.759. The molecule has 1 aromatic carbocycles. The molecule has 0 aliphatic rings. The molecule has 3 rings (SSSR count). The molecule has 0 saturated carbocycles. The molecule has 148 valence electrons. The van der Waals surface area contributed by atoms with Crippen LogP contribution in [-0.4, -0.2) is 20.7 Å². The first-order chi connectivity index (χ1) is 13.2. The van der Waals surface area contributed by atoms with Crippen molar-refractivity contribution in [3.8, 4) is 0 Å². The topological polar surface area (TPSA) is 59.8 Å². The molecular formula is C17H12F6N4O. The standard InChI is InChI=1S/C17H12F6N4O/c1-7-14-9(15(20)21)5-12(16(22)23)25-17(14)27(26-7)6-13(28)24-11-3-2-8(18)4-10(11)19/h2-5,15-16H,6H2,1H3,(H,24,28). The number of alkyl halides is 4. The van der Waals surface area contributed by atoms with Crippen molar-refractivity contribution in [1.29, 1.82) is 0 Å². The molecule has 0 bridgehead atoms. The highest BCUT2D eigenvalue weighted by molar-refractivity contribution is 5.92. The van der Waals surface area contributed by atoms with Crippen molar-refractivity contribution in [3.05, 3.63) is 52.9 Å². The van der Waals surface area contributed by atoms with Gasteiger partial charge >= 0.3 is 0 Å². The molecule has 2 heterocycles. The Labute approximate surface area is 154 Å². The first-order valence-electron chi connectivity index (χ1n) is 7.86. The van der Waals surface area contributed by atoms with Gasteiger partial charge in [0.2, 0.25) is 5.91 Å². The number of aryl methyl sites for hydroxylation is 1. The number of halogens is 6. The van der Waals surface area contributed by atoms with Gasteiger partial charge in [-0.05, 0) is 25.1 Å². The number of aromatic nitrogens is 3. The Balaban J connectivity index is 1.97. The summed E-state index contributed by atoms with van der Waals surface area (Å²) in [6, 6.07) is 3.09. The van der Waals surface area contributed by atoms with E-state index in [-0.39, 0.29) is 22.4 Å². The van der Waals surface area contributed by atoms with Crippen LogP contribution in [0.1, 0.15) is 29.8 Å². The zero-order valence-corrected chi connectivity index (χ0v) is 14.2. The molecule has 0 fully saturated rings. The zero-order valence-electron chi connectivity index (χ0n) is 14.2. The molecule has 0 saturated heterocycles. The maximum absolute atomic E-state index is 13.6. The van der Waals surface area contributed by atoms with Crippen molar-refractivity contribution in [2.24, 2.45) is 0 Å². The third kappa shape index (κ3) is 3.78. The van der Waals surface area contributed by atoms with Gasteiger partial charge in [-0.2, -0.15) is 5.10 Å². The highest BCUT2D eigenvalue weighted by Crippen LogP contribution is 2.32. The number of nitrogens with one attached hydrogen (secondary N) is 1. The zero-order chi connectivity index (χ0) is 20.6. The SMILES string of the molecule is Cc1nn(CC(=O)Nc2ccc(F)cc2F)c2nc(C(F)F)cc(C(F)F)c12. The molecule has 3 aromatic rings. The minimum atomic E-state index is -3.10. The van der Waals surface area contributed by atoms with E-state index < -0.39 is 48.2 Å². The number of hydrogen-bond acceptors (Lipinski definition) is 3. The van der Waals surface area contributed by atoms with E-state index in [1.165, 1.54) is 6.92 Å². The minimum Gasteiger partial charge on any atom is -0.322 e. The average Bonchev–Trinajstić information content (AvgIpc) is 2.92. The second-order valence-electron chi connectivity index (χ2n) is 5.85. The van der Waals surface area contributed by atoms with Crippen LogP contribution < -0.4 is 5.32 Å². The molecule has 1 amide bonds. The molecule has 0 unspecified atom stereocenters. The van der Waals surface area contributed by atoms with Crippen LogP contribution >= 0.6 is 0 Å². The largest absolute Gasteiger partial charge is 0.322 e. The predicted molar refractivity (Wildman–Crippen MR) is 87.2 cm³/mol. The van der Waals surface area contributed by atoms with Gasteiger partial charge in [0.05, 0.1) is 16.8 Å². The molecular weight excluding hydrogens is 390 g/mol. The quantitative estimate of drug-likeness (QED) is 0.638. The molecule has 0 aliphatic carbocycles. The van der Waals surface area contributed by atoms with E-state index in [2.05, 4.69) is 15.4 Å². The highest BCUT2D eigenvalue weighted by atomic mass is 19.3. The Morgan fingerprint density at radius 3 is 2.46 bits per heavy atom. The smallest absolute Gasteiger partial charge is 0.280 e. The summed E-state index contributed by atoms with van der Waals surface area (Å²) in [7, 11) is 0. The maximum Gasteiger partial charge on any atom is 0.280 e. The first-order valence-corrected chi connectivity index (χ1v) is 7.86. The first kappa shape index (κ1) is 19.6. The van der Waals surface area contributed by atoms with E-state index in [0.717, 1.165) is 16.8 Å². The summed E-state index contributed by atoms with van der Waals surface area (Å²) < 4.78 is 80.0. The van der Waals surface area contributed by atoms with Crippen LogP contribution in [0, 0.1) is 18.6 Å². The Bertz CT molecular complexity index is 1050. The Hall–Kier alpha value is -3.11. The van der Waals surface area contributed by atoms with Gasteiger partial charge in [0.1, 0.15) is 23.9 Å². The van der Waals surface area contributed by atoms with Crippen LogP contribution in [0.15, 0.2) is 24.3 Å². The second kappa shape index (κ2) is 7.49. The lowest BCUT2D eigenvalue weighted by molar-refractivity contribution is -0.116. The van der Waals surface area contributed by atoms with E-state index in [1.54, 1.807) is 0 Å².